The average Bonchev–Trinajstić information content (AvgIpc) is 3.19. The van der Waals surface area contributed by atoms with Gasteiger partial charge in [0.2, 0.25) is 5.91 Å². The van der Waals surface area contributed by atoms with Gasteiger partial charge in [0.1, 0.15) is 6.61 Å². The van der Waals surface area contributed by atoms with Gasteiger partial charge < -0.3 is 14.6 Å². The highest BCUT2D eigenvalue weighted by atomic mass is 32.2. The lowest BCUT2D eigenvalue weighted by Crippen LogP contribution is -2.58. The Bertz CT molecular complexity index is 767. The lowest BCUT2D eigenvalue weighted by atomic mass is 9.92. The fourth-order valence-corrected chi connectivity index (χ4v) is 5.46. The van der Waals surface area contributed by atoms with Crippen LogP contribution in [-0.4, -0.2) is 71.1 Å². The van der Waals surface area contributed by atoms with Crippen LogP contribution in [0.5, 0.6) is 0 Å². The molecular weight excluding hydrogens is 334 g/mol. The number of H-pyrrole nitrogens is 1. The van der Waals surface area contributed by atoms with E-state index in [1.54, 1.807) is 19.0 Å². The van der Waals surface area contributed by atoms with E-state index in [9.17, 15) is 4.79 Å². The molecule has 134 valence electrons. The van der Waals surface area contributed by atoms with Gasteiger partial charge >= 0.3 is 0 Å². The summed E-state index contributed by atoms with van der Waals surface area (Å²) in [6, 6.07) is 8.64. The van der Waals surface area contributed by atoms with Gasteiger partial charge in [0.15, 0.2) is 0 Å². The molecule has 6 heteroatoms. The van der Waals surface area contributed by atoms with E-state index in [0.717, 1.165) is 31.8 Å². The van der Waals surface area contributed by atoms with Crippen LogP contribution < -0.4 is 0 Å². The first-order chi connectivity index (χ1) is 12.0. The number of hydrogen-bond acceptors (Lipinski definition) is 4. The number of carbonyl (C=O) groups excluding carboxylic acids is 1. The topological polar surface area (TPSA) is 48.6 Å². The Balaban J connectivity index is 1.29. The van der Waals surface area contributed by atoms with E-state index in [-0.39, 0.29) is 18.6 Å². The number of hydrogen-bond donors (Lipinski definition) is 1. The summed E-state index contributed by atoms with van der Waals surface area (Å²) in [7, 11) is 3.54. The molecule has 0 radical (unpaired) electrons. The molecule has 0 aliphatic carbocycles. The van der Waals surface area contributed by atoms with E-state index in [0.29, 0.717) is 4.75 Å². The summed E-state index contributed by atoms with van der Waals surface area (Å²) in [4.78, 5) is 19.1. The van der Waals surface area contributed by atoms with Gasteiger partial charge in [0.05, 0.1) is 6.10 Å². The number of aromatic amines is 1. The molecule has 2 saturated heterocycles. The number of likely N-dealkylation sites (tertiary alicyclic amines) is 1. The second kappa shape index (κ2) is 6.67. The summed E-state index contributed by atoms with van der Waals surface area (Å²) in [5.41, 5.74) is 2.60. The number of benzene rings is 1. The first kappa shape index (κ1) is 16.9. The van der Waals surface area contributed by atoms with Crippen LogP contribution in [-0.2, 0) is 16.1 Å². The van der Waals surface area contributed by atoms with Crippen LogP contribution in [0.25, 0.3) is 10.9 Å². The van der Waals surface area contributed by atoms with Crippen molar-refractivity contribution in [3.05, 3.63) is 36.0 Å². The van der Waals surface area contributed by atoms with Gasteiger partial charge in [0.25, 0.3) is 0 Å². The monoisotopic (exact) mass is 359 g/mol. The van der Waals surface area contributed by atoms with Gasteiger partial charge in [-0.25, -0.2) is 0 Å². The minimum absolute atomic E-state index is 0.0424. The van der Waals surface area contributed by atoms with E-state index >= 15 is 0 Å². The maximum absolute atomic E-state index is 11.7. The Kier molecular flexibility index (Phi) is 4.52. The van der Waals surface area contributed by atoms with Crippen molar-refractivity contribution in [2.45, 2.75) is 23.8 Å². The van der Waals surface area contributed by atoms with E-state index < -0.39 is 0 Å². The van der Waals surface area contributed by atoms with Crippen molar-refractivity contribution >= 4 is 28.6 Å². The molecule has 2 aliphatic rings. The molecule has 1 N–H and O–H groups in total. The summed E-state index contributed by atoms with van der Waals surface area (Å²) in [6.45, 7) is 3.43. The zero-order chi connectivity index (χ0) is 17.4. The van der Waals surface area contributed by atoms with E-state index in [1.807, 2.05) is 18.0 Å². The highest BCUT2D eigenvalue weighted by Gasteiger charge is 2.49. The van der Waals surface area contributed by atoms with Crippen LogP contribution in [0, 0.1) is 0 Å². The Labute approximate surface area is 152 Å². The third-order valence-corrected chi connectivity index (χ3v) is 6.79. The molecule has 1 spiro atoms. The zero-order valence-electron chi connectivity index (χ0n) is 14.8. The third-order valence-electron chi connectivity index (χ3n) is 5.22. The zero-order valence-corrected chi connectivity index (χ0v) is 15.6. The molecule has 1 aromatic heterocycles. The van der Waals surface area contributed by atoms with Crippen LogP contribution in [0.4, 0.5) is 0 Å². The van der Waals surface area contributed by atoms with Gasteiger partial charge in [0, 0.05) is 61.3 Å². The summed E-state index contributed by atoms with van der Waals surface area (Å²) in [6.07, 6.45) is 3.28. The van der Waals surface area contributed by atoms with Gasteiger partial charge in [-0.05, 0) is 24.1 Å². The number of fused-ring (bicyclic) bond motifs is 1. The molecule has 1 atom stereocenters. The Morgan fingerprint density at radius 1 is 1.40 bits per heavy atom. The molecule has 4 rings (SSSR count). The average molecular weight is 359 g/mol. The van der Waals surface area contributed by atoms with Crippen LogP contribution in [0.1, 0.15) is 12.0 Å². The fourth-order valence-electron chi connectivity index (χ4n) is 3.86. The number of nitrogens with zero attached hydrogens (tertiary/aromatic N) is 2. The number of ether oxygens (including phenoxy) is 1. The van der Waals surface area contributed by atoms with Crippen LogP contribution in [0.15, 0.2) is 30.5 Å². The van der Waals surface area contributed by atoms with Crippen LogP contribution in [0.2, 0.25) is 0 Å². The fraction of sp³-hybridized carbons (Fsp3) is 0.526. The molecule has 2 fully saturated rings. The number of nitrogens with one attached hydrogen (secondary N) is 1. The number of aromatic nitrogens is 1. The maximum Gasteiger partial charge on any atom is 0.248 e. The third kappa shape index (κ3) is 3.43. The van der Waals surface area contributed by atoms with E-state index in [1.165, 1.54) is 16.5 Å². The molecule has 2 aromatic rings. The molecule has 2 aliphatic heterocycles. The second-order valence-corrected chi connectivity index (χ2v) is 8.91. The Morgan fingerprint density at radius 3 is 3.04 bits per heavy atom. The lowest BCUT2D eigenvalue weighted by molar-refractivity contribution is -0.135. The van der Waals surface area contributed by atoms with Gasteiger partial charge in [-0.1, -0.05) is 12.1 Å². The summed E-state index contributed by atoms with van der Waals surface area (Å²) < 4.78 is 6.15. The predicted molar refractivity (Wildman–Crippen MR) is 102 cm³/mol. The van der Waals surface area contributed by atoms with Crippen molar-refractivity contribution in [2.24, 2.45) is 0 Å². The minimum atomic E-state index is 0.0424. The van der Waals surface area contributed by atoms with Crippen LogP contribution in [0.3, 0.4) is 0 Å². The molecule has 0 saturated carbocycles. The molecular formula is C19H25N3O2S. The summed E-state index contributed by atoms with van der Waals surface area (Å²) in [5, 5.41) is 1.32. The molecule has 3 heterocycles. The molecule has 1 unspecified atom stereocenters. The standard InChI is InChI=1S/C19H25N3O2S/c1-21(2)18(23)10-24-15-8-19(25-11-15)12-22(13-19)9-14-4-3-5-17-16(14)6-7-20-17/h3-7,15,20H,8-13H2,1-2H3. The quantitative estimate of drug-likeness (QED) is 0.890. The molecule has 0 bridgehead atoms. The number of thioether (sulfide) groups is 1. The maximum atomic E-state index is 11.7. The number of rotatable bonds is 5. The lowest BCUT2D eigenvalue weighted by Gasteiger charge is -2.47. The summed E-state index contributed by atoms with van der Waals surface area (Å²) in [5.74, 6) is 1.04. The van der Waals surface area contributed by atoms with E-state index in [4.69, 9.17) is 4.74 Å². The largest absolute Gasteiger partial charge is 0.367 e. The Hall–Kier alpha value is -1.50. The number of carbonyl (C=O) groups is 1. The molecule has 5 nitrogen and oxygen atoms in total. The normalized spacial score (nSPS) is 22.4. The number of amides is 1. The SMILES string of the molecule is CN(C)C(=O)COC1CSC2(C1)CN(Cc1cccc3[nH]ccc13)C2. The van der Waals surface area contributed by atoms with Crippen molar-refractivity contribution in [2.75, 3.05) is 39.5 Å². The van der Waals surface area contributed by atoms with Crippen molar-refractivity contribution in [1.29, 1.82) is 0 Å². The molecule has 25 heavy (non-hydrogen) atoms. The minimum Gasteiger partial charge on any atom is -0.367 e. The smallest absolute Gasteiger partial charge is 0.248 e. The second-order valence-electron chi connectivity index (χ2n) is 7.42. The molecule has 1 aromatic carbocycles. The van der Waals surface area contributed by atoms with Gasteiger partial charge in [-0.15, -0.1) is 11.8 Å². The summed E-state index contributed by atoms with van der Waals surface area (Å²) >= 11 is 2.02. The predicted octanol–water partition coefficient (Wildman–Crippen LogP) is 2.33. The molecule has 1 amide bonds. The first-order valence-electron chi connectivity index (χ1n) is 8.78. The van der Waals surface area contributed by atoms with Crippen LogP contribution >= 0.6 is 11.8 Å². The first-order valence-corrected chi connectivity index (χ1v) is 9.76. The van der Waals surface area contributed by atoms with Gasteiger partial charge in [-0.3, -0.25) is 9.69 Å². The van der Waals surface area contributed by atoms with Crippen molar-refractivity contribution < 1.29 is 9.53 Å². The van der Waals surface area contributed by atoms with Crippen molar-refractivity contribution in [3.8, 4) is 0 Å². The van der Waals surface area contributed by atoms with Gasteiger partial charge in [-0.2, -0.15) is 0 Å². The van der Waals surface area contributed by atoms with Crippen molar-refractivity contribution in [1.82, 2.24) is 14.8 Å². The van der Waals surface area contributed by atoms with E-state index in [2.05, 4.69) is 34.1 Å². The van der Waals surface area contributed by atoms with Crippen molar-refractivity contribution in [3.63, 3.8) is 0 Å². The highest BCUT2D eigenvalue weighted by molar-refractivity contribution is 8.01. The highest BCUT2D eigenvalue weighted by Crippen LogP contribution is 2.46. The Morgan fingerprint density at radius 2 is 2.24 bits per heavy atom. The number of likely N-dealkylation sites (N-methyl/N-ethyl adjacent to an activating group) is 1.